The van der Waals surface area contributed by atoms with Crippen LogP contribution in [0.3, 0.4) is 0 Å². The van der Waals surface area contributed by atoms with Crippen molar-refractivity contribution >= 4 is 34.8 Å². The Bertz CT molecular complexity index is 1140. The Morgan fingerprint density at radius 2 is 1.94 bits per heavy atom. The number of hydrogen-bond acceptors (Lipinski definition) is 6. The lowest BCUT2D eigenvalue weighted by Crippen LogP contribution is -2.31. The zero-order valence-corrected chi connectivity index (χ0v) is 18.3. The molecule has 4 rings (SSSR count). The van der Waals surface area contributed by atoms with Gasteiger partial charge in [0.15, 0.2) is 0 Å². The van der Waals surface area contributed by atoms with E-state index in [1.54, 1.807) is 29.8 Å². The average molecular weight is 437 g/mol. The van der Waals surface area contributed by atoms with Crippen LogP contribution in [0, 0.1) is 13.8 Å². The summed E-state index contributed by atoms with van der Waals surface area (Å²) in [6.45, 7) is 5.64. The number of thiophene rings is 1. The maximum absolute atomic E-state index is 12.6. The number of piperidine rings is 1. The third kappa shape index (κ3) is 4.44. The van der Waals surface area contributed by atoms with Gasteiger partial charge in [-0.2, -0.15) is 0 Å². The van der Waals surface area contributed by atoms with Gasteiger partial charge in [0.25, 0.3) is 5.91 Å². The fraction of sp³-hybridized carbons (Fsp3) is 0.304. The van der Waals surface area contributed by atoms with Gasteiger partial charge in [-0.1, -0.05) is 17.7 Å². The molecule has 0 radical (unpaired) electrons. The smallest absolute Gasteiger partial charge is 0.339 e. The third-order valence-corrected chi connectivity index (χ3v) is 6.40. The molecule has 0 aliphatic carbocycles. The molecule has 0 bridgehead atoms. The van der Waals surface area contributed by atoms with Crippen LogP contribution in [0.2, 0.25) is 0 Å². The van der Waals surface area contributed by atoms with Crippen LogP contribution in [0.5, 0.6) is 0 Å². The predicted molar refractivity (Wildman–Crippen MR) is 122 cm³/mol. The lowest BCUT2D eigenvalue weighted by atomic mass is 10.1. The van der Waals surface area contributed by atoms with Crippen LogP contribution in [0.25, 0.3) is 10.4 Å². The Morgan fingerprint density at radius 3 is 2.61 bits per heavy atom. The summed E-state index contributed by atoms with van der Waals surface area (Å²) in [7, 11) is 0. The van der Waals surface area contributed by atoms with Gasteiger partial charge in [-0.25, -0.2) is 14.8 Å². The molecule has 1 amide bonds. The summed E-state index contributed by atoms with van der Waals surface area (Å²) in [5, 5.41) is 14.3. The average Bonchev–Trinajstić information content (AvgIpc) is 3.17. The van der Waals surface area contributed by atoms with Crippen LogP contribution < -0.4 is 10.2 Å². The second-order valence-electron chi connectivity index (χ2n) is 7.70. The molecule has 0 unspecified atom stereocenters. The number of hydrogen-bond donors (Lipinski definition) is 2. The number of carboxylic acids is 1. The van der Waals surface area contributed by atoms with Crippen molar-refractivity contribution in [1.29, 1.82) is 0 Å². The minimum absolute atomic E-state index is 0.0587. The number of carbonyl (C=O) groups is 2. The molecule has 1 saturated heterocycles. The second-order valence-corrected chi connectivity index (χ2v) is 8.58. The van der Waals surface area contributed by atoms with Crippen LogP contribution in [0.1, 0.15) is 51.2 Å². The fourth-order valence-electron chi connectivity index (χ4n) is 3.77. The first-order valence-corrected chi connectivity index (χ1v) is 11.1. The van der Waals surface area contributed by atoms with Crippen molar-refractivity contribution in [3.05, 3.63) is 58.2 Å². The summed E-state index contributed by atoms with van der Waals surface area (Å²) in [5.74, 6) is -0.762. The molecule has 7 nitrogen and oxygen atoms in total. The summed E-state index contributed by atoms with van der Waals surface area (Å²) in [6, 6.07) is 7.16. The van der Waals surface area contributed by atoms with Crippen LogP contribution >= 0.6 is 11.3 Å². The van der Waals surface area contributed by atoms with E-state index in [0.717, 1.165) is 37.2 Å². The van der Waals surface area contributed by atoms with Gasteiger partial charge in [0.1, 0.15) is 5.56 Å². The molecule has 1 aliphatic rings. The minimum Gasteiger partial charge on any atom is -0.478 e. The summed E-state index contributed by atoms with van der Waals surface area (Å²) in [4.78, 5) is 36.6. The zero-order chi connectivity index (χ0) is 22.0. The van der Waals surface area contributed by atoms with Crippen molar-refractivity contribution < 1.29 is 14.7 Å². The van der Waals surface area contributed by atoms with E-state index in [1.165, 1.54) is 17.8 Å². The Morgan fingerprint density at radius 1 is 1.16 bits per heavy atom. The fourth-order valence-corrected chi connectivity index (χ4v) is 4.82. The van der Waals surface area contributed by atoms with E-state index < -0.39 is 5.97 Å². The molecule has 3 aromatic rings. The molecule has 1 fully saturated rings. The van der Waals surface area contributed by atoms with Crippen LogP contribution in [0.4, 0.5) is 11.6 Å². The molecule has 1 aliphatic heterocycles. The molecule has 1 aromatic carbocycles. The van der Waals surface area contributed by atoms with Gasteiger partial charge in [0.05, 0.1) is 16.3 Å². The van der Waals surface area contributed by atoms with Crippen LogP contribution in [-0.4, -0.2) is 40.0 Å². The number of aromatic nitrogens is 2. The predicted octanol–water partition coefficient (Wildman–Crippen LogP) is 4.76. The van der Waals surface area contributed by atoms with Gasteiger partial charge < -0.3 is 15.3 Å². The topological polar surface area (TPSA) is 95.4 Å². The lowest BCUT2D eigenvalue weighted by molar-refractivity contribution is 0.0699. The first-order chi connectivity index (χ1) is 14.9. The standard InChI is InChI=1S/C23H24N4O3S/c1-14-7-6-8-16(11-14)21(28)26-18-13-31-20(19(18)22(29)30)17-12-24-23(25-15(17)2)27-9-4-3-5-10-27/h6-8,11-13H,3-5,9-10H2,1-2H3,(H,26,28)(H,29,30). The molecular formula is C23H24N4O3S. The number of nitrogens with one attached hydrogen (secondary N) is 1. The number of nitrogens with zero attached hydrogens (tertiary/aromatic N) is 3. The van der Waals surface area contributed by atoms with E-state index in [2.05, 4.69) is 20.2 Å². The number of carboxylic acid groups (broad SMARTS) is 1. The Labute approximate surface area is 184 Å². The Kier molecular flexibility index (Phi) is 5.99. The second kappa shape index (κ2) is 8.85. The maximum atomic E-state index is 12.6. The molecular weight excluding hydrogens is 412 g/mol. The molecule has 2 aromatic heterocycles. The molecule has 160 valence electrons. The number of carbonyl (C=O) groups excluding carboxylic acids is 1. The summed E-state index contributed by atoms with van der Waals surface area (Å²) < 4.78 is 0. The first-order valence-electron chi connectivity index (χ1n) is 10.3. The maximum Gasteiger partial charge on any atom is 0.339 e. The molecule has 0 atom stereocenters. The highest BCUT2D eigenvalue weighted by molar-refractivity contribution is 7.14. The quantitative estimate of drug-likeness (QED) is 0.599. The zero-order valence-electron chi connectivity index (χ0n) is 17.5. The molecule has 3 heterocycles. The normalized spacial score (nSPS) is 13.8. The highest BCUT2D eigenvalue weighted by Gasteiger charge is 2.24. The van der Waals surface area contributed by atoms with Crippen molar-refractivity contribution in [2.45, 2.75) is 33.1 Å². The van der Waals surface area contributed by atoms with E-state index in [9.17, 15) is 14.7 Å². The first kappa shape index (κ1) is 21.0. The molecule has 0 spiro atoms. The van der Waals surface area contributed by atoms with E-state index in [0.29, 0.717) is 22.0 Å². The Hall–Kier alpha value is -3.26. The summed E-state index contributed by atoms with van der Waals surface area (Å²) in [5.41, 5.74) is 3.16. The van der Waals surface area contributed by atoms with Gasteiger partial charge >= 0.3 is 5.97 Å². The largest absolute Gasteiger partial charge is 0.478 e. The summed E-state index contributed by atoms with van der Waals surface area (Å²) >= 11 is 1.26. The number of amides is 1. The molecule has 31 heavy (non-hydrogen) atoms. The number of benzene rings is 1. The van der Waals surface area contributed by atoms with Gasteiger partial charge in [-0.15, -0.1) is 11.3 Å². The van der Waals surface area contributed by atoms with Crippen molar-refractivity contribution in [2.24, 2.45) is 0 Å². The molecule has 2 N–H and O–H groups in total. The van der Waals surface area contributed by atoms with Gasteiger partial charge in [0, 0.05) is 35.8 Å². The summed E-state index contributed by atoms with van der Waals surface area (Å²) in [6.07, 6.45) is 5.17. The molecule has 0 saturated carbocycles. The number of aromatic carboxylic acids is 1. The van der Waals surface area contributed by atoms with Crippen molar-refractivity contribution in [2.75, 3.05) is 23.3 Å². The van der Waals surface area contributed by atoms with Crippen molar-refractivity contribution in [1.82, 2.24) is 9.97 Å². The van der Waals surface area contributed by atoms with Crippen molar-refractivity contribution in [3.63, 3.8) is 0 Å². The van der Waals surface area contributed by atoms with Crippen LogP contribution in [-0.2, 0) is 0 Å². The SMILES string of the molecule is Cc1cccc(C(=O)Nc2csc(-c3cnc(N4CCCCC4)nc3C)c2C(=O)O)c1. The van der Waals surface area contributed by atoms with Crippen LogP contribution in [0.15, 0.2) is 35.8 Å². The van der Waals surface area contributed by atoms with Gasteiger partial charge in [-0.05, 0) is 45.2 Å². The van der Waals surface area contributed by atoms with E-state index >= 15 is 0 Å². The minimum atomic E-state index is -1.10. The van der Waals surface area contributed by atoms with E-state index in [1.807, 2.05) is 19.9 Å². The van der Waals surface area contributed by atoms with Gasteiger partial charge in [0.2, 0.25) is 5.95 Å². The van der Waals surface area contributed by atoms with E-state index in [-0.39, 0.29) is 17.2 Å². The highest BCUT2D eigenvalue weighted by Crippen LogP contribution is 2.37. The van der Waals surface area contributed by atoms with Crippen molar-refractivity contribution in [3.8, 4) is 10.4 Å². The Balaban J connectivity index is 1.64. The monoisotopic (exact) mass is 436 g/mol. The number of aryl methyl sites for hydroxylation is 2. The van der Waals surface area contributed by atoms with E-state index in [4.69, 9.17) is 0 Å². The number of anilines is 2. The number of rotatable bonds is 5. The third-order valence-electron chi connectivity index (χ3n) is 5.38. The van der Waals surface area contributed by atoms with Gasteiger partial charge in [-0.3, -0.25) is 4.79 Å². The molecule has 8 heteroatoms. The lowest BCUT2D eigenvalue weighted by Gasteiger charge is -2.26. The highest BCUT2D eigenvalue weighted by atomic mass is 32.1.